The van der Waals surface area contributed by atoms with Crippen LogP contribution < -0.4 is 10.7 Å². The number of aromatic nitrogens is 2. The number of amides is 1. The van der Waals surface area contributed by atoms with Gasteiger partial charge in [-0.15, -0.1) is 0 Å². The summed E-state index contributed by atoms with van der Waals surface area (Å²) >= 11 is 3.36. The van der Waals surface area contributed by atoms with Crippen LogP contribution in [0.3, 0.4) is 0 Å². The zero-order chi connectivity index (χ0) is 23.4. The topological polar surface area (TPSA) is 81.1 Å². The fourth-order valence-electron chi connectivity index (χ4n) is 4.10. The normalized spacial score (nSPS) is 13.6. The second kappa shape index (κ2) is 10.3. The van der Waals surface area contributed by atoms with Crippen molar-refractivity contribution < 1.29 is 9.59 Å². The van der Waals surface area contributed by atoms with Gasteiger partial charge in [-0.05, 0) is 75.4 Å². The van der Waals surface area contributed by atoms with Crippen molar-refractivity contribution in [2.24, 2.45) is 0 Å². The molecule has 3 aromatic rings. The molecule has 1 amide bonds. The van der Waals surface area contributed by atoms with Gasteiger partial charge in [0.25, 0.3) is 0 Å². The molecule has 1 aromatic carbocycles. The zero-order valence-electron chi connectivity index (χ0n) is 18.6. The lowest BCUT2D eigenvalue weighted by Gasteiger charge is -2.15. The Kier molecular flexibility index (Phi) is 7.18. The van der Waals surface area contributed by atoms with Crippen LogP contribution in [0.1, 0.15) is 53.7 Å². The quantitative estimate of drug-likeness (QED) is 0.371. The Morgan fingerprint density at radius 2 is 1.91 bits per heavy atom. The maximum atomic E-state index is 13.1. The van der Waals surface area contributed by atoms with Crippen LogP contribution >= 0.6 is 15.9 Å². The largest absolute Gasteiger partial charge is 0.354 e. The van der Waals surface area contributed by atoms with Crippen molar-refractivity contribution >= 4 is 38.7 Å². The monoisotopic (exact) mass is 507 g/mol. The summed E-state index contributed by atoms with van der Waals surface area (Å²) in [5, 5.41) is 3.29. The number of carbonyl (C=O) groups is 2. The highest BCUT2D eigenvalue weighted by molar-refractivity contribution is 9.10. The van der Waals surface area contributed by atoms with Gasteiger partial charge in [-0.25, -0.2) is 4.98 Å². The zero-order valence-corrected chi connectivity index (χ0v) is 20.2. The van der Waals surface area contributed by atoms with Gasteiger partial charge in [-0.1, -0.05) is 27.6 Å². The lowest BCUT2D eigenvalue weighted by atomic mass is 9.97. The number of halogens is 1. The smallest absolute Gasteiger partial charge is 0.240 e. The van der Waals surface area contributed by atoms with Crippen LogP contribution in [-0.2, 0) is 11.3 Å². The third-order valence-electron chi connectivity index (χ3n) is 5.88. The highest BCUT2D eigenvalue weighted by Gasteiger charge is 2.19. The van der Waals surface area contributed by atoms with Gasteiger partial charge in [0.15, 0.2) is 5.78 Å². The highest BCUT2D eigenvalue weighted by atomic mass is 79.9. The Morgan fingerprint density at radius 3 is 2.64 bits per heavy atom. The van der Waals surface area contributed by atoms with Gasteiger partial charge in [0.05, 0.1) is 10.9 Å². The molecule has 170 valence electrons. The lowest BCUT2D eigenvalue weighted by Crippen LogP contribution is -2.30. The number of fused-ring (bicyclic) bond motifs is 1. The van der Waals surface area contributed by atoms with Crippen molar-refractivity contribution in [3.63, 3.8) is 0 Å². The van der Waals surface area contributed by atoms with Gasteiger partial charge in [0.1, 0.15) is 12.2 Å². The summed E-state index contributed by atoms with van der Waals surface area (Å²) in [5.74, 6) is -0.560. The van der Waals surface area contributed by atoms with E-state index in [1.165, 1.54) is 24.6 Å². The van der Waals surface area contributed by atoms with Crippen molar-refractivity contribution in [3.8, 4) is 0 Å². The Balaban J connectivity index is 1.61. The van der Waals surface area contributed by atoms with E-state index < -0.39 is 0 Å². The molecule has 0 bridgehead atoms. The van der Waals surface area contributed by atoms with Crippen molar-refractivity contribution in [2.45, 2.75) is 45.6 Å². The van der Waals surface area contributed by atoms with Crippen LogP contribution in [0.25, 0.3) is 11.0 Å². The number of pyridine rings is 2. The number of carbonyl (C=O) groups excluding carboxylic acids is 2. The van der Waals surface area contributed by atoms with Crippen LogP contribution in [0.15, 0.2) is 63.5 Å². The molecule has 0 atom stereocenters. The molecule has 0 fully saturated rings. The fourth-order valence-corrected chi connectivity index (χ4v) is 4.37. The van der Waals surface area contributed by atoms with Gasteiger partial charge in [0.2, 0.25) is 11.3 Å². The third kappa shape index (κ3) is 5.47. The number of aryl methyl sites for hydroxylation is 1. The summed E-state index contributed by atoms with van der Waals surface area (Å²) in [5.41, 5.74) is 2.58. The number of allylic oxidation sites excluding steroid dienone is 1. The number of hydrogen-bond acceptors (Lipinski definition) is 4. The molecule has 1 aliphatic rings. The molecule has 2 heterocycles. The SMILES string of the molecule is Cc1ccc2c(=O)c(C(=O)c3ccc(Br)cc3)cn(CC(=O)NCCC3=CCCCC3)c2n1. The van der Waals surface area contributed by atoms with Gasteiger partial charge >= 0.3 is 0 Å². The average molecular weight is 508 g/mol. The van der Waals surface area contributed by atoms with Crippen LogP contribution in [0.2, 0.25) is 0 Å². The van der Waals surface area contributed by atoms with Gasteiger partial charge in [-0.2, -0.15) is 0 Å². The molecular weight excluding hydrogens is 482 g/mol. The predicted molar refractivity (Wildman–Crippen MR) is 132 cm³/mol. The van der Waals surface area contributed by atoms with Gasteiger partial charge in [-0.3, -0.25) is 14.4 Å². The Morgan fingerprint density at radius 1 is 1.12 bits per heavy atom. The first-order valence-electron chi connectivity index (χ1n) is 11.2. The van der Waals surface area contributed by atoms with E-state index in [9.17, 15) is 14.4 Å². The maximum absolute atomic E-state index is 13.1. The molecule has 0 saturated carbocycles. The second-order valence-corrected chi connectivity index (χ2v) is 9.28. The minimum atomic E-state index is -0.383. The average Bonchev–Trinajstić information content (AvgIpc) is 2.81. The standard InChI is InChI=1S/C26H26BrN3O3/c1-17-7-12-21-25(33)22(24(32)19-8-10-20(27)11-9-19)15-30(26(21)29-17)16-23(31)28-14-13-18-5-3-2-4-6-18/h5,7-12,15H,2-4,6,13-14,16H2,1H3,(H,28,31). The van der Waals surface area contributed by atoms with Crippen molar-refractivity contribution in [1.82, 2.24) is 14.9 Å². The van der Waals surface area contributed by atoms with E-state index >= 15 is 0 Å². The predicted octanol–water partition coefficient (Wildman–Crippen LogP) is 4.71. The fraction of sp³-hybridized carbons (Fsp3) is 0.308. The minimum Gasteiger partial charge on any atom is -0.354 e. The molecule has 0 spiro atoms. The first kappa shape index (κ1) is 23.1. The number of hydrogen-bond donors (Lipinski definition) is 1. The molecule has 0 aliphatic heterocycles. The van der Waals surface area contributed by atoms with Crippen LogP contribution in [-0.4, -0.2) is 27.8 Å². The van der Waals surface area contributed by atoms with Gasteiger partial charge in [0, 0.05) is 28.5 Å². The third-order valence-corrected chi connectivity index (χ3v) is 6.41. The Bertz CT molecular complexity index is 1290. The lowest BCUT2D eigenvalue weighted by molar-refractivity contribution is -0.121. The van der Waals surface area contributed by atoms with E-state index in [0.717, 1.165) is 29.4 Å². The summed E-state index contributed by atoms with van der Waals surface area (Å²) in [6.07, 6.45) is 9.26. The molecule has 33 heavy (non-hydrogen) atoms. The Labute approximate surface area is 200 Å². The first-order chi connectivity index (χ1) is 15.9. The number of rotatable bonds is 7. The molecule has 7 heteroatoms. The molecule has 2 aromatic heterocycles. The van der Waals surface area contributed by atoms with E-state index in [-0.39, 0.29) is 29.2 Å². The second-order valence-electron chi connectivity index (χ2n) is 8.37. The molecule has 0 unspecified atom stereocenters. The minimum absolute atomic E-state index is 0.0209. The van der Waals surface area contributed by atoms with Crippen molar-refractivity contribution in [2.75, 3.05) is 6.54 Å². The van der Waals surface area contributed by atoms with Crippen LogP contribution in [0, 0.1) is 6.92 Å². The number of nitrogens with zero attached hydrogens (tertiary/aromatic N) is 2. The van der Waals surface area contributed by atoms with Crippen molar-refractivity contribution in [1.29, 1.82) is 0 Å². The molecule has 4 rings (SSSR count). The molecular formula is C26H26BrN3O3. The maximum Gasteiger partial charge on any atom is 0.240 e. The highest BCUT2D eigenvalue weighted by Crippen LogP contribution is 2.19. The first-order valence-corrected chi connectivity index (χ1v) is 12.0. The van der Waals surface area contributed by atoms with Crippen LogP contribution in [0.4, 0.5) is 0 Å². The molecule has 0 radical (unpaired) electrons. The molecule has 0 saturated heterocycles. The van der Waals surface area contributed by atoms with E-state index in [2.05, 4.69) is 32.3 Å². The molecule has 1 aliphatic carbocycles. The Hall–Kier alpha value is -3.06. The number of nitrogens with one attached hydrogen (secondary N) is 1. The summed E-state index contributed by atoms with van der Waals surface area (Å²) in [4.78, 5) is 43.4. The summed E-state index contributed by atoms with van der Waals surface area (Å²) < 4.78 is 2.45. The summed E-state index contributed by atoms with van der Waals surface area (Å²) in [7, 11) is 0. The molecule has 6 nitrogen and oxygen atoms in total. The van der Waals surface area contributed by atoms with E-state index in [1.54, 1.807) is 41.0 Å². The van der Waals surface area contributed by atoms with Gasteiger partial charge < -0.3 is 9.88 Å². The van der Waals surface area contributed by atoms with Crippen LogP contribution in [0.5, 0.6) is 0 Å². The number of benzene rings is 1. The van der Waals surface area contributed by atoms with Crippen molar-refractivity contribution in [3.05, 3.63) is 85.8 Å². The van der Waals surface area contributed by atoms with E-state index in [0.29, 0.717) is 23.1 Å². The van der Waals surface area contributed by atoms with E-state index in [4.69, 9.17) is 0 Å². The van der Waals surface area contributed by atoms with E-state index in [1.807, 2.05) is 6.92 Å². The summed E-state index contributed by atoms with van der Waals surface area (Å²) in [6.45, 7) is 2.37. The number of ketones is 1. The summed E-state index contributed by atoms with van der Waals surface area (Å²) in [6, 6.07) is 10.3. The molecule has 1 N–H and O–H groups in total.